The van der Waals surface area contributed by atoms with Crippen molar-refractivity contribution >= 4 is 33.5 Å². The third-order valence-corrected chi connectivity index (χ3v) is 4.01. The van der Waals surface area contributed by atoms with Crippen molar-refractivity contribution in [2.75, 3.05) is 26.1 Å². The lowest BCUT2D eigenvalue weighted by Crippen LogP contribution is -2.21. The van der Waals surface area contributed by atoms with Crippen LogP contribution >= 0.6 is 15.9 Å². The van der Waals surface area contributed by atoms with Crippen molar-refractivity contribution in [2.45, 2.75) is 6.92 Å². The van der Waals surface area contributed by atoms with Crippen molar-refractivity contribution in [3.05, 3.63) is 52.0 Å². The summed E-state index contributed by atoms with van der Waals surface area (Å²) in [4.78, 5) is 24.2. The van der Waals surface area contributed by atoms with Gasteiger partial charge in [0.2, 0.25) is 0 Å². The van der Waals surface area contributed by atoms with Crippen LogP contribution in [0.4, 0.5) is 5.69 Å². The van der Waals surface area contributed by atoms with Gasteiger partial charge in [0.15, 0.2) is 18.1 Å². The molecule has 0 radical (unpaired) electrons. The van der Waals surface area contributed by atoms with E-state index in [0.29, 0.717) is 11.4 Å². The first kappa shape index (κ1) is 18.8. The van der Waals surface area contributed by atoms with Crippen molar-refractivity contribution in [1.82, 2.24) is 0 Å². The fourth-order valence-electron chi connectivity index (χ4n) is 2.16. The van der Waals surface area contributed by atoms with Crippen LogP contribution in [0.2, 0.25) is 0 Å². The maximum atomic E-state index is 12.2. The van der Waals surface area contributed by atoms with Crippen molar-refractivity contribution in [3.8, 4) is 11.5 Å². The molecule has 0 unspecified atom stereocenters. The van der Waals surface area contributed by atoms with E-state index in [1.54, 1.807) is 18.2 Å². The van der Waals surface area contributed by atoms with E-state index in [2.05, 4.69) is 21.2 Å². The Morgan fingerprint density at radius 2 is 1.88 bits per heavy atom. The number of hydrogen-bond donors (Lipinski definition) is 1. The lowest BCUT2D eigenvalue weighted by atomic mass is 10.2. The van der Waals surface area contributed by atoms with Crippen LogP contribution in [0.15, 0.2) is 40.9 Å². The van der Waals surface area contributed by atoms with Gasteiger partial charge in [-0.1, -0.05) is 12.1 Å². The summed E-state index contributed by atoms with van der Waals surface area (Å²) in [6.07, 6.45) is 0. The number of methoxy groups -OCH3 is 2. The minimum atomic E-state index is -0.672. The number of para-hydroxylation sites is 1. The van der Waals surface area contributed by atoms with Crippen LogP contribution < -0.4 is 14.8 Å². The maximum Gasteiger partial charge on any atom is 0.342 e. The van der Waals surface area contributed by atoms with Crippen molar-refractivity contribution in [3.63, 3.8) is 0 Å². The van der Waals surface area contributed by atoms with E-state index in [1.165, 1.54) is 20.3 Å². The minimum absolute atomic E-state index is 0.186. The molecule has 0 spiro atoms. The Labute approximate surface area is 154 Å². The van der Waals surface area contributed by atoms with Crippen LogP contribution in [0.3, 0.4) is 0 Å². The number of nitrogens with one attached hydrogen (secondary N) is 1. The summed E-state index contributed by atoms with van der Waals surface area (Å²) in [7, 11) is 2.90. The van der Waals surface area contributed by atoms with Gasteiger partial charge >= 0.3 is 5.97 Å². The lowest BCUT2D eigenvalue weighted by Gasteiger charge is -2.12. The highest BCUT2D eigenvalue weighted by molar-refractivity contribution is 9.10. The summed E-state index contributed by atoms with van der Waals surface area (Å²) in [6, 6.07) is 10.4. The highest BCUT2D eigenvalue weighted by Crippen LogP contribution is 2.31. The normalized spacial score (nSPS) is 10.1. The Balaban J connectivity index is 2.01. The van der Waals surface area contributed by atoms with E-state index in [0.717, 1.165) is 10.0 Å². The van der Waals surface area contributed by atoms with E-state index >= 15 is 0 Å². The van der Waals surface area contributed by atoms with Gasteiger partial charge in [-0.25, -0.2) is 4.79 Å². The van der Waals surface area contributed by atoms with E-state index in [1.807, 2.05) is 19.1 Å². The molecule has 1 N–H and O–H groups in total. The molecule has 0 aliphatic rings. The standard InChI is InChI=1S/C18H18BrNO5/c1-11-7-8-14(13(19)9-11)20-16(21)10-25-18(22)12-5-4-6-15(23-2)17(12)24-3/h4-9H,10H2,1-3H3,(H,20,21). The monoisotopic (exact) mass is 407 g/mol. The lowest BCUT2D eigenvalue weighted by molar-refractivity contribution is -0.119. The highest BCUT2D eigenvalue weighted by Gasteiger charge is 2.18. The average molecular weight is 408 g/mol. The number of carbonyl (C=O) groups is 2. The molecule has 0 fully saturated rings. The fraction of sp³-hybridized carbons (Fsp3) is 0.222. The SMILES string of the molecule is COc1cccc(C(=O)OCC(=O)Nc2ccc(C)cc2Br)c1OC. The molecule has 0 aliphatic carbocycles. The van der Waals surface area contributed by atoms with E-state index in [4.69, 9.17) is 14.2 Å². The summed E-state index contributed by atoms with van der Waals surface area (Å²) in [5, 5.41) is 2.68. The van der Waals surface area contributed by atoms with Crippen molar-refractivity contribution in [2.24, 2.45) is 0 Å². The van der Waals surface area contributed by atoms with E-state index in [-0.39, 0.29) is 11.3 Å². The number of rotatable bonds is 6. The molecule has 2 rings (SSSR count). The van der Waals surface area contributed by atoms with Crippen molar-refractivity contribution < 1.29 is 23.8 Å². The summed E-state index contributed by atoms with van der Waals surface area (Å²) in [5.74, 6) is -0.449. The van der Waals surface area contributed by atoms with Gasteiger partial charge in [-0.15, -0.1) is 0 Å². The van der Waals surface area contributed by atoms with Crippen LogP contribution in [-0.2, 0) is 9.53 Å². The van der Waals surface area contributed by atoms with Crippen LogP contribution in [0.1, 0.15) is 15.9 Å². The Morgan fingerprint density at radius 1 is 1.12 bits per heavy atom. The molecule has 6 nitrogen and oxygen atoms in total. The Morgan fingerprint density at radius 3 is 2.52 bits per heavy atom. The van der Waals surface area contributed by atoms with Gasteiger partial charge in [0.25, 0.3) is 5.91 Å². The second kappa shape index (κ2) is 8.53. The van der Waals surface area contributed by atoms with E-state index in [9.17, 15) is 9.59 Å². The first-order valence-electron chi connectivity index (χ1n) is 7.40. The maximum absolute atomic E-state index is 12.2. The highest BCUT2D eigenvalue weighted by atomic mass is 79.9. The zero-order valence-corrected chi connectivity index (χ0v) is 15.7. The number of hydrogen-bond acceptors (Lipinski definition) is 5. The molecule has 0 aliphatic heterocycles. The second-order valence-electron chi connectivity index (χ2n) is 5.15. The third-order valence-electron chi connectivity index (χ3n) is 3.36. The topological polar surface area (TPSA) is 73.9 Å². The molecule has 0 atom stereocenters. The first-order chi connectivity index (χ1) is 12.0. The molecule has 0 bridgehead atoms. The smallest absolute Gasteiger partial charge is 0.342 e. The zero-order valence-electron chi connectivity index (χ0n) is 14.1. The number of esters is 1. The molecule has 7 heteroatoms. The quantitative estimate of drug-likeness (QED) is 0.740. The Hall–Kier alpha value is -2.54. The Kier molecular flexibility index (Phi) is 6.41. The van der Waals surface area contributed by atoms with Crippen LogP contribution in [0, 0.1) is 6.92 Å². The third kappa shape index (κ3) is 4.73. The van der Waals surface area contributed by atoms with Gasteiger partial charge in [-0.2, -0.15) is 0 Å². The van der Waals surface area contributed by atoms with E-state index < -0.39 is 18.5 Å². The summed E-state index contributed by atoms with van der Waals surface area (Å²) in [6.45, 7) is 1.53. The molecule has 0 heterocycles. The van der Waals surface area contributed by atoms with Crippen LogP contribution in [0.25, 0.3) is 0 Å². The van der Waals surface area contributed by atoms with Crippen molar-refractivity contribution in [1.29, 1.82) is 0 Å². The second-order valence-corrected chi connectivity index (χ2v) is 6.00. The largest absolute Gasteiger partial charge is 0.493 e. The predicted octanol–water partition coefficient (Wildman–Crippen LogP) is 3.57. The Bertz CT molecular complexity index is 791. The number of aryl methyl sites for hydroxylation is 1. The molecule has 0 saturated heterocycles. The molecule has 0 aromatic heterocycles. The molecule has 2 aromatic carbocycles. The van der Waals surface area contributed by atoms with Crippen LogP contribution in [-0.4, -0.2) is 32.7 Å². The molecule has 132 valence electrons. The number of carbonyl (C=O) groups excluding carboxylic acids is 2. The average Bonchev–Trinajstić information content (AvgIpc) is 2.61. The van der Waals surface area contributed by atoms with Gasteiger partial charge in [0.05, 0.1) is 19.9 Å². The fourth-order valence-corrected chi connectivity index (χ4v) is 2.76. The number of amides is 1. The number of benzene rings is 2. The molecular weight excluding hydrogens is 390 g/mol. The summed E-state index contributed by atoms with van der Waals surface area (Å²) >= 11 is 3.37. The van der Waals surface area contributed by atoms with Gasteiger partial charge in [-0.05, 0) is 52.7 Å². The van der Waals surface area contributed by atoms with Crippen LogP contribution in [0.5, 0.6) is 11.5 Å². The number of ether oxygens (including phenoxy) is 3. The summed E-state index contributed by atoms with van der Waals surface area (Å²) < 4.78 is 16.1. The molecular formula is C18H18BrNO5. The summed E-state index contributed by atoms with van der Waals surface area (Å²) in [5.41, 5.74) is 1.85. The zero-order chi connectivity index (χ0) is 18.4. The molecule has 0 saturated carbocycles. The minimum Gasteiger partial charge on any atom is -0.493 e. The van der Waals surface area contributed by atoms with Gasteiger partial charge in [-0.3, -0.25) is 4.79 Å². The van der Waals surface area contributed by atoms with Gasteiger partial charge in [0, 0.05) is 4.47 Å². The predicted molar refractivity (Wildman–Crippen MR) is 97.3 cm³/mol. The molecule has 1 amide bonds. The molecule has 25 heavy (non-hydrogen) atoms. The molecule has 2 aromatic rings. The first-order valence-corrected chi connectivity index (χ1v) is 8.19. The van der Waals surface area contributed by atoms with Gasteiger partial charge in [0.1, 0.15) is 5.56 Å². The van der Waals surface area contributed by atoms with Gasteiger partial charge < -0.3 is 19.5 Å². The number of anilines is 1. The number of halogens is 1.